The van der Waals surface area contributed by atoms with Crippen LogP contribution in [-0.2, 0) is 4.79 Å². The predicted molar refractivity (Wildman–Crippen MR) is 70.6 cm³/mol. The molecule has 5 heteroatoms. The molecule has 0 heterocycles. The van der Waals surface area contributed by atoms with E-state index in [2.05, 4.69) is 0 Å². The van der Waals surface area contributed by atoms with Crippen molar-refractivity contribution in [2.75, 3.05) is 5.75 Å². The highest BCUT2D eigenvalue weighted by Gasteiger charge is 2.07. The Morgan fingerprint density at radius 2 is 2.18 bits per heavy atom. The number of carbonyl (C=O) groups is 2. The van der Waals surface area contributed by atoms with E-state index in [1.54, 1.807) is 18.2 Å². The molecule has 0 amide bonds. The largest absolute Gasteiger partial charge is 0.478 e. The number of halogens is 1. The quantitative estimate of drug-likeness (QED) is 0.912. The standard InChI is InChI=1S/C12H11ClO3S/c1-8(14)17-6-2-3-9-7-10(13)4-5-11(9)12(15)16/h2-5,7H,6H2,1H3,(H,15,16). The van der Waals surface area contributed by atoms with E-state index in [9.17, 15) is 9.59 Å². The number of hydrogen-bond donors (Lipinski definition) is 1. The molecule has 1 rings (SSSR count). The summed E-state index contributed by atoms with van der Waals surface area (Å²) in [6, 6.07) is 4.58. The van der Waals surface area contributed by atoms with Gasteiger partial charge in [0.2, 0.25) is 0 Å². The number of carboxylic acids is 1. The molecule has 0 aromatic heterocycles. The lowest BCUT2D eigenvalue weighted by atomic mass is 10.1. The minimum Gasteiger partial charge on any atom is -0.478 e. The number of thioether (sulfide) groups is 1. The highest BCUT2D eigenvalue weighted by Crippen LogP contribution is 2.18. The summed E-state index contributed by atoms with van der Waals surface area (Å²) in [5.74, 6) is -0.485. The summed E-state index contributed by atoms with van der Waals surface area (Å²) in [6.07, 6.45) is 3.40. The minimum atomic E-state index is -1.000. The number of carbonyl (C=O) groups excluding carboxylic acids is 1. The van der Waals surface area contributed by atoms with Gasteiger partial charge in [0, 0.05) is 17.7 Å². The highest BCUT2D eigenvalue weighted by molar-refractivity contribution is 8.13. The zero-order valence-electron chi connectivity index (χ0n) is 9.14. The van der Waals surface area contributed by atoms with Crippen molar-refractivity contribution in [1.82, 2.24) is 0 Å². The fourth-order valence-corrected chi connectivity index (χ4v) is 1.81. The SMILES string of the molecule is CC(=O)SCC=Cc1cc(Cl)ccc1C(=O)O. The van der Waals surface area contributed by atoms with E-state index in [4.69, 9.17) is 16.7 Å². The Morgan fingerprint density at radius 3 is 2.76 bits per heavy atom. The summed E-state index contributed by atoms with van der Waals surface area (Å²) in [4.78, 5) is 21.6. The van der Waals surface area contributed by atoms with E-state index >= 15 is 0 Å². The molecule has 1 N–H and O–H groups in total. The van der Waals surface area contributed by atoms with Gasteiger partial charge in [-0.25, -0.2) is 4.79 Å². The summed E-state index contributed by atoms with van der Waals surface area (Å²) < 4.78 is 0. The van der Waals surface area contributed by atoms with Crippen molar-refractivity contribution in [2.45, 2.75) is 6.92 Å². The van der Waals surface area contributed by atoms with Crippen molar-refractivity contribution in [3.63, 3.8) is 0 Å². The van der Waals surface area contributed by atoms with Gasteiger partial charge in [-0.3, -0.25) is 4.79 Å². The van der Waals surface area contributed by atoms with Crippen LogP contribution < -0.4 is 0 Å². The van der Waals surface area contributed by atoms with Gasteiger partial charge >= 0.3 is 5.97 Å². The zero-order valence-corrected chi connectivity index (χ0v) is 10.7. The topological polar surface area (TPSA) is 54.4 Å². The zero-order chi connectivity index (χ0) is 12.8. The molecule has 0 bridgehead atoms. The van der Waals surface area contributed by atoms with Gasteiger partial charge in [-0.2, -0.15) is 0 Å². The number of benzene rings is 1. The van der Waals surface area contributed by atoms with Crippen LogP contribution in [0.3, 0.4) is 0 Å². The second-order valence-corrected chi connectivity index (χ2v) is 4.88. The lowest BCUT2D eigenvalue weighted by Gasteiger charge is -2.01. The summed E-state index contributed by atoms with van der Waals surface area (Å²) >= 11 is 6.96. The smallest absolute Gasteiger partial charge is 0.336 e. The molecule has 0 fully saturated rings. The first kappa shape index (κ1) is 13.8. The van der Waals surface area contributed by atoms with Crippen molar-refractivity contribution < 1.29 is 14.7 Å². The molecule has 0 radical (unpaired) electrons. The Balaban J connectivity index is 2.85. The van der Waals surface area contributed by atoms with E-state index in [1.807, 2.05) is 0 Å². The van der Waals surface area contributed by atoms with Crippen LogP contribution >= 0.6 is 23.4 Å². The molecule has 0 spiro atoms. The number of aromatic carboxylic acids is 1. The van der Waals surface area contributed by atoms with Crippen LogP contribution in [0.25, 0.3) is 6.08 Å². The van der Waals surface area contributed by atoms with Crippen LogP contribution in [-0.4, -0.2) is 21.9 Å². The van der Waals surface area contributed by atoms with Crippen LogP contribution in [0.15, 0.2) is 24.3 Å². The molecule has 0 aliphatic heterocycles. The lowest BCUT2D eigenvalue weighted by molar-refractivity contribution is -0.109. The minimum absolute atomic E-state index is 0.0270. The summed E-state index contributed by atoms with van der Waals surface area (Å²) in [6.45, 7) is 1.49. The maximum Gasteiger partial charge on any atom is 0.336 e. The Kier molecular flexibility index (Phi) is 5.25. The first-order chi connectivity index (χ1) is 8.00. The number of hydrogen-bond acceptors (Lipinski definition) is 3. The maximum absolute atomic E-state index is 10.9. The number of rotatable bonds is 4. The maximum atomic E-state index is 10.9. The molecule has 0 atom stereocenters. The van der Waals surface area contributed by atoms with Gasteiger partial charge in [-0.15, -0.1) is 0 Å². The Hall–Kier alpha value is -1.26. The van der Waals surface area contributed by atoms with E-state index in [0.29, 0.717) is 16.3 Å². The first-order valence-corrected chi connectivity index (χ1v) is 6.20. The van der Waals surface area contributed by atoms with Crippen LogP contribution in [0, 0.1) is 0 Å². The average molecular weight is 271 g/mol. The van der Waals surface area contributed by atoms with Gasteiger partial charge in [-0.1, -0.05) is 35.5 Å². The third-order valence-electron chi connectivity index (χ3n) is 1.92. The fourth-order valence-electron chi connectivity index (χ4n) is 1.21. The van der Waals surface area contributed by atoms with Crippen LogP contribution in [0.2, 0.25) is 5.02 Å². The van der Waals surface area contributed by atoms with Gasteiger partial charge in [0.05, 0.1) is 5.56 Å². The molecule has 1 aromatic carbocycles. The van der Waals surface area contributed by atoms with Gasteiger partial charge in [0.25, 0.3) is 0 Å². The fraction of sp³-hybridized carbons (Fsp3) is 0.167. The highest BCUT2D eigenvalue weighted by atomic mass is 35.5. The van der Waals surface area contributed by atoms with Crippen molar-refractivity contribution in [3.05, 3.63) is 40.4 Å². The summed E-state index contributed by atoms with van der Waals surface area (Å²) in [5.41, 5.74) is 0.729. The third-order valence-corrected chi connectivity index (χ3v) is 2.92. The molecule has 0 aliphatic rings. The molecule has 17 heavy (non-hydrogen) atoms. The Morgan fingerprint density at radius 1 is 1.47 bits per heavy atom. The Labute approximate surface area is 108 Å². The molecule has 1 aromatic rings. The molecular formula is C12H11ClO3S. The van der Waals surface area contributed by atoms with E-state index < -0.39 is 5.97 Å². The van der Waals surface area contributed by atoms with Crippen LogP contribution in [0.1, 0.15) is 22.8 Å². The summed E-state index contributed by atoms with van der Waals surface area (Å²) in [7, 11) is 0. The van der Waals surface area contributed by atoms with E-state index in [1.165, 1.54) is 19.1 Å². The lowest BCUT2D eigenvalue weighted by Crippen LogP contribution is -1.99. The van der Waals surface area contributed by atoms with Gasteiger partial charge in [0.15, 0.2) is 5.12 Å². The predicted octanol–water partition coefficient (Wildman–Crippen LogP) is 3.33. The van der Waals surface area contributed by atoms with Gasteiger partial charge in [0.1, 0.15) is 0 Å². The van der Waals surface area contributed by atoms with Gasteiger partial charge in [-0.05, 0) is 23.8 Å². The van der Waals surface area contributed by atoms with Crippen LogP contribution in [0.5, 0.6) is 0 Å². The first-order valence-electron chi connectivity index (χ1n) is 4.83. The second kappa shape index (κ2) is 6.47. The molecule has 0 aliphatic carbocycles. The molecular weight excluding hydrogens is 260 g/mol. The average Bonchev–Trinajstić information content (AvgIpc) is 2.23. The molecule has 0 saturated carbocycles. The molecule has 3 nitrogen and oxygen atoms in total. The second-order valence-electron chi connectivity index (χ2n) is 3.24. The monoisotopic (exact) mass is 270 g/mol. The molecule has 90 valence electrons. The third kappa shape index (κ3) is 4.63. The van der Waals surface area contributed by atoms with Gasteiger partial charge < -0.3 is 5.11 Å². The number of carboxylic acid groups (broad SMARTS) is 1. The van der Waals surface area contributed by atoms with Crippen molar-refractivity contribution in [3.8, 4) is 0 Å². The van der Waals surface area contributed by atoms with E-state index in [0.717, 1.165) is 11.8 Å². The normalized spacial score (nSPS) is 10.7. The van der Waals surface area contributed by atoms with Crippen molar-refractivity contribution >= 4 is 40.5 Å². The Bertz CT molecular complexity index is 469. The van der Waals surface area contributed by atoms with Crippen molar-refractivity contribution in [2.24, 2.45) is 0 Å². The van der Waals surface area contributed by atoms with Crippen molar-refractivity contribution in [1.29, 1.82) is 0 Å². The van der Waals surface area contributed by atoms with E-state index in [-0.39, 0.29) is 10.7 Å². The molecule has 0 saturated heterocycles. The summed E-state index contributed by atoms with van der Waals surface area (Å²) in [5, 5.41) is 9.47. The molecule has 0 unspecified atom stereocenters. The van der Waals surface area contributed by atoms with Crippen LogP contribution in [0.4, 0.5) is 0 Å².